The highest BCUT2D eigenvalue weighted by molar-refractivity contribution is 5.76. The Kier molecular flexibility index (Phi) is 44.1. The molecule has 3 fully saturated rings. The molecule has 3 heterocycles. The third-order valence-electron chi connectivity index (χ3n) is 15.2. The largest absolute Gasteiger partial charge is 0.394 e. The molecule has 88 heavy (non-hydrogen) atoms. The van der Waals surface area contributed by atoms with E-state index < -0.39 is 124 Å². The zero-order valence-corrected chi connectivity index (χ0v) is 52.4. The number of allylic oxidation sites excluding steroid dienone is 21. The summed E-state index contributed by atoms with van der Waals surface area (Å²) in [4.78, 5) is 13.3. The summed E-state index contributed by atoms with van der Waals surface area (Å²) in [6.45, 7) is 1.51. The molecule has 0 aromatic heterocycles. The fourth-order valence-corrected chi connectivity index (χ4v) is 9.92. The molecule has 3 rings (SSSR count). The van der Waals surface area contributed by atoms with Gasteiger partial charge in [0, 0.05) is 6.42 Å². The average Bonchev–Trinajstić information content (AvgIpc) is 1.83. The number of amides is 1. The Bertz CT molecular complexity index is 2120. The molecule has 17 atom stereocenters. The number of ether oxygens (including phenoxy) is 6. The Balaban J connectivity index is 1.41. The molecule has 3 saturated heterocycles. The van der Waals surface area contributed by atoms with Crippen LogP contribution in [-0.4, -0.2) is 193 Å². The van der Waals surface area contributed by atoms with Crippen molar-refractivity contribution in [2.45, 2.75) is 266 Å². The van der Waals surface area contributed by atoms with Crippen molar-refractivity contribution in [3.8, 4) is 0 Å². The van der Waals surface area contributed by atoms with Crippen LogP contribution in [-0.2, 0) is 33.2 Å². The molecule has 19 heteroatoms. The second-order valence-corrected chi connectivity index (χ2v) is 22.5. The Hall–Kier alpha value is -4.07. The van der Waals surface area contributed by atoms with Gasteiger partial charge in [0.05, 0.1) is 38.6 Å². The van der Waals surface area contributed by atoms with E-state index in [9.17, 15) is 61.0 Å². The lowest BCUT2D eigenvalue weighted by Crippen LogP contribution is -2.66. The first-order valence-electron chi connectivity index (χ1n) is 32.4. The van der Waals surface area contributed by atoms with Gasteiger partial charge in [-0.15, -0.1) is 0 Å². The third-order valence-corrected chi connectivity index (χ3v) is 15.2. The zero-order chi connectivity index (χ0) is 64.0. The molecule has 0 bridgehead atoms. The quantitative estimate of drug-likeness (QED) is 0.0208. The molecule has 0 spiro atoms. The summed E-state index contributed by atoms with van der Waals surface area (Å²) in [5.41, 5.74) is 0. The first-order valence-corrected chi connectivity index (χ1v) is 32.4. The number of carbonyl (C=O) groups excluding carboxylic acids is 1. The van der Waals surface area contributed by atoms with Crippen molar-refractivity contribution in [1.82, 2.24) is 5.32 Å². The molecule has 0 aromatic carbocycles. The topological polar surface area (TPSA) is 307 Å². The molecule has 1 amide bonds. The minimum atomic E-state index is -1.99. The summed E-state index contributed by atoms with van der Waals surface area (Å²) in [5, 5.41) is 120. The van der Waals surface area contributed by atoms with E-state index in [1.807, 2.05) is 6.08 Å². The maximum Gasteiger partial charge on any atom is 0.220 e. The van der Waals surface area contributed by atoms with Gasteiger partial charge in [0.25, 0.3) is 0 Å². The van der Waals surface area contributed by atoms with E-state index >= 15 is 0 Å². The summed E-state index contributed by atoms with van der Waals surface area (Å²) in [6, 6.07) is -1.00. The average molecular weight is 1240 g/mol. The van der Waals surface area contributed by atoms with Crippen LogP contribution < -0.4 is 5.32 Å². The van der Waals surface area contributed by atoms with Crippen LogP contribution in [0.2, 0.25) is 0 Å². The number of hydrogen-bond acceptors (Lipinski definition) is 18. The standard InChI is InChI=1S/C69H111NO18/c1-3-5-7-9-11-13-15-16-17-18-19-20-21-22-23-24-25-26-27-28-29-30-31-32-33-34-35-36-37-39-41-43-45-47-57(75)70-52(53(74)46-44-42-40-38-14-12-10-8-6-4-2)51-83-67-63(81)60(78)65(55(49-72)85-67)88-69-64(82)61(79)66(56(50-73)86-69)87-68-62(80)59(77)58(76)54(48-71)84-68/h5,7,11,13,16-17,19-20,22-23,25-26,28-29,31-32,34-35,37,39,44,46,52-56,58-69,71-74,76-82H,3-4,6,8-10,12,14-15,18,21,24,27,30,33,36,38,40-43,45,47-51H2,1-2H3,(H,70,75)/b7-5-,13-11-,17-16-,20-19-,23-22-,26-25-,29-28-,32-31-,35-34-,39-37-,46-44+. The highest BCUT2D eigenvalue weighted by atomic mass is 16.8. The molecular weight excluding hydrogens is 1130 g/mol. The van der Waals surface area contributed by atoms with Crippen LogP contribution in [0.1, 0.15) is 162 Å². The summed E-state index contributed by atoms with van der Waals surface area (Å²) in [6.07, 6.45) is 41.7. The highest BCUT2D eigenvalue weighted by Crippen LogP contribution is 2.33. The predicted octanol–water partition coefficient (Wildman–Crippen LogP) is 7.43. The van der Waals surface area contributed by atoms with Gasteiger partial charge in [-0.05, 0) is 96.3 Å². The molecule has 19 nitrogen and oxygen atoms in total. The van der Waals surface area contributed by atoms with Gasteiger partial charge < -0.3 is 89.9 Å². The van der Waals surface area contributed by atoms with Crippen LogP contribution in [0.15, 0.2) is 134 Å². The highest BCUT2D eigenvalue weighted by Gasteiger charge is 2.53. The van der Waals surface area contributed by atoms with Crippen LogP contribution in [0.3, 0.4) is 0 Å². The minimum Gasteiger partial charge on any atom is -0.394 e. The van der Waals surface area contributed by atoms with Crippen LogP contribution >= 0.6 is 0 Å². The Labute approximate surface area is 524 Å². The summed E-state index contributed by atoms with van der Waals surface area (Å²) in [7, 11) is 0. The van der Waals surface area contributed by atoms with E-state index in [-0.39, 0.29) is 18.9 Å². The van der Waals surface area contributed by atoms with Crippen LogP contribution in [0.25, 0.3) is 0 Å². The van der Waals surface area contributed by atoms with Gasteiger partial charge >= 0.3 is 0 Å². The summed E-state index contributed by atoms with van der Waals surface area (Å²) in [5.74, 6) is -0.327. The van der Waals surface area contributed by atoms with Crippen molar-refractivity contribution >= 4 is 5.91 Å². The molecule has 3 aliphatic rings. The van der Waals surface area contributed by atoms with E-state index in [2.05, 4.69) is 141 Å². The van der Waals surface area contributed by atoms with Gasteiger partial charge in [-0.25, -0.2) is 0 Å². The molecule has 500 valence electrons. The van der Waals surface area contributed by atoms with E-state index in [0.717, 1.165) is 103 Å². The SMILES string of the molecule is CC/C=C\C/C=C\C/C=C\C/C=C\C/C=C\C/C=C\C/C=C\C/C=C\C/C=C\C/C=C\CCCCC(=O)NC(COC1OC(CO)C(OC2OC(CO)C(OC3OC(CO)C(O)C(O)C3O)C(O)C2O)C(O)C1O)C(O)/C=C/CCCCCCCCCC. The number of rotatable bonds is 46. The number of aliphatic hydroxyl groups excluding tert-OH is 11. The fraction of sp³-hybridized carbons (Fsp3) is 0.667. The van der Waals surface area contributed by atoms with Crippen molar-refractivity contribution in [2.24, 2.45) is 0 Å². The van der Waals surface area contributed by atoms with Gasteiger partial charge in [-0.3, -0.25) is 4.79 Å². The maximum absolute atomic E-state index is 13.3. The number of aliphatic hydroxyl groups is 11. The second kappa shape index (κ2) is 49.6. The third kappa shape index (κ3) is 31.8. The van der Waals surface area contributed by atoms with E-state index in [1.54, 1.807) is 6.08 Å². The van der Waals surface area contributed by atoms with E-state index in [1.165, 1.54) is 32.1 Å². The van der Waals surface area contributed by atoms with Crippen LogP contribution in [0.4, 0.5) is 0 Å². The molecule has 17 unspecified atom stereocenters. The smallest absolute Gasteiger partial charge is 0.220 e. The van der Waals surface area contributed by atoms with Crippen LogP contribution in [0, 0.1) is 0 Å². The van der Waals surface area contributed by atoms with Crippen molar-refractivity contribution in [1.29, 1.82) is 0 Å². The van der Waals surface area contributed by atoms with Gasteiger partial charge in [-0.2, -0.15) is 0 Å². The van der Waals surface area contributed by atoms with Crippen molar-refractivity contribution in [3.05, 3.63) is 134 Å². The first-order chi connectivity index (χ1) is 42.8. The van der Waals surface area contributed by atoms with Crippen molar-refractivity contribution < 1.29 is 89.4 Å². The molecule has 0 aromatic rings. The number of carbonyl (C=O) groups is 1. The number of unbranched alkanes of at least 4 members (excludes halogenated alkanes) is 10. The molecule has 0 saturated carbocycles. The number of nitrogens with one attached hydrogen (secondary N) is 1. The minimum absolute atomic E-state index is 0.178. The molecular formula is C69H111NO18. The Morgan fingerprint density at radius 1 is 0.420 bits per heavy atom. The fourth-order valence-electron chi connectivity index (χ4n) is 9.92. The van der Waals surface area contributed by atoms with Gasteiger partial charge in [-0.1, -0.05) is 192 Å². The lowest BCUT2D eigenvalue weighted by atomic mass is 9.96. The molecule has 0 aliphatic carbocycles. The number of hydrogen-bond donors (Lipinski definition) is 12. The van der Waals surface area contributed by atoms with Gasteiger partial charge in [0.2, 0.25) is 5.91 Å². The first kappa shape index (κ1) is 78.2. The summed E-state index contributed by atoms with van der Waals surface area (Å²) < 4.78 is 34.2. The predicted molar refractivity (Wildman–Crippen MR) is 341 cm³/mol. The zero-order valence-electron chi connectivity index (χ0n) is 52.4. The Morgan fingerprint density at radius 3 is 1.23 bits per heavy atom. The van der Waals surface area contributed by atoms with Crippen molar-refractivity contribution in [3.63, 3.8) is 0 Å². The molecule has 0 radical (unpaired) electrons. The van der Waals surface area contributed by atoms with E-state index in [4.69, 9.17) is 28.4 Å². The lowest BCUT2D eigenvalue weighted by molar-refractivity contribution is -0.379. The molecule has 3 aliphatic heterocycles. The van der Waals surface area contributed by atoms with Crippen molar-refractivity contribution in [2.75, 3.05) is 26.4 Å². The Morgan fingerprint density at radius 2 is 0.784 bits per heavy atom. The van der Waals surface area contributed by atoms with E-state index in [0.29, 0.717) is 6.42 Å². The second-order valence-electron chi connectivity index (χ2n) is 22.5. The van der Waals surface area contributed by atoms with Gasteiger partial charge in [0.1, 0.15) is 73.2 Å². The molecule has 12 N–H and O–H groups in total. The lowest BCUT2D eigenvalue weighted by Gasteiger charge is -2.48. The summed E-state index contributed by atoms with van der Waals surface area (Å²) >= 11 is 0. The maximum atomic E-state index is 13.3. The van der Waals surface area contributed by atoms with Crippen LogP contribution in [0.5, 0.6) is 0 Å². The monoisotopic (exact) mass is 1240 g/mol. The normalized spacial score (nSPS) is 29.3. The van der Waals surface area contributed by atoms with Gasteiger partial charge in [0.15, 0.2) is 18.9 Å².